The first-order valence-corrected chi connectivity index (χ1v) is 13.9. The maximum atomic E-state index is 13.7. The molecule has 0 aliphatic heterocycles. The van der Waals surface area contributed by atoms with E-state index in [4.69, 9.17) is 4.74 Å². The second-order valence-electron chi connectivity index (χ2n) is 9.27. The normalized spacial score (nSPS) is 12.6. The summed E-state index contributed by atoms with van der Waals surface area (Å²) in [7, 11) is -4.40. The van der Waals surface area contributed by atoms with Crippen molar-refractivity contribution >= 4 is 9.84 Å². The molecule has 0 fully saturated rings. The summed E-state index contributed by atoms with van der Waals surface area (Å²) in [6, 6.07) is 16.9. The molecule has 2 heterocycles. The van der Waals surface area contributed by atoms with Crippen LogP contribution in [0.15, 0.2) is 87.6 Å². The lowest BCUT2D eigenvalue weighted by atomic mass is 10.0. The number of hydrogen-bond donors (Lipinski definition) is 1. The first kappa shape index (κ1) is 27.2. The molecule has 0 saturated carbocycles. The minimum atomic E-state index is -4.40. The number of aromatic nitrogens is 3. The summed E-state index contributed by atoms with van der Waals surface area (Å²) in [6.07, 6.45) is 3.75. The van der Waals surface area contributed by atoms with Crippen molar-refractivity contribution in [2.75, 3.05) is 0 Å². The second kappa shape index (κ2) is 11.3. The molecule has 8 nitrogen and oxygen atoms in total. The van der Waals surface area contributed by atoms with Crippen LogP contribution < -0.4 is 5.56 Å². The summed E-state index contributed by atoms with van der Waals surface area (Å²) in [5.74, 6) is -0.503. The molecule has 0 amide bonds. The van der Waals surface area contributed by atoms with Gasteiger partial charge in [0.2, 0.25) is 15.7 Å². The molecule has 2 aromatic heterocycles. The highest BCUT2D eigenvalue weighted by molar-refractivity contribution is 7.91. The van der Waals surface area contributed by atoms with Gasteiger partial charge < -0.3 is 9.84 Å². The summed E-state index contributed by atoms with van der Waals surface area (Å²) in [5.41, 5.74) is 2.47. The first-order chi connectivity index (χ1) is 18.1. The van der Waals surface area contributed by atoms with Gasteiger partial charge in [-0.1, -0.05) is 49.4 Å². The van der Waals surface area contributed by atoms with Crippen molar-refractivity contribution in [3.63, 3.8) is 0 Å². The Hall–Kier alpha value is -3.82. The van der Waals surface area contributed by atoms with E-state index in [0.717, 1.165) is 22.3 Å². The van der Waals surface area contributed by atoms with Crippen LogP contribution in [0.1, 0.15) is 50.2 Å². The van der Waals surface area contributed by atoms with Gasteiger partial charge in [0, 0.05) is 12.4 Å². The Morgan fingerprint density at radius 3 is 2.32 bits per heavy atom. The second-order valence-corrected chi connectivity index (χ2v) is 11.2. The number of nitrogens with zero attached hydrogens (tertiary/aromatic N) is 3. The Kier molecular flexibility index (Phi) is 8.08. The smallest absolute Gasteiger partial charge is 0.296 e. The van der Waals surface area contributed by atoms with E-state index in [9.17, 15) is 18.3 Å². The van der Waals surface area contributed by atoms with Crippen LogP contribution in [0.5, 0.6) is 5.88 Å². The summed E-state index contributed by atoms with van der Waals surface area (Å²) in [6.45, 7) is 7.44. The highest BCUT2D eigenvalue weighted by Crippen LogP contribution is 2.34. The van der Waals surface area contributed by atoms with Crippen molar-refractivity contribution in [1.82, 2.24) is 14.5 Å². The molecule has 0 bridgehead atoms. The highest BCUT2D eigenvalue weighted by atomic mass is 32.2. The average molecular weight is 534 g/mol. The molecule has 0 aliphatic rings. The maximum absolute atomic E-state index is 13.7. The topological polar surface area (TPSA) is 111 Å². The van der Waals surface area contributed by atoms with Crippen LogP contribution in [-0.2, 0) is 21.2 Å². The largest absolute Gasteiger partial charge is 0.493 e. The summed E-state index contributed by atoms with van der Waals surface area (Å²) in [5, 5.41) is 11.4. The molecule has 4 rings (SSSR count). The third-order valence-corrected chi connectivity index (χ3v) is 8.11. The van der Waals surface area contributed by atoms with Gasteiger partial charge in [-0.25, -0.2) is 8.42 Å². The molecule has 4 aromatic rings. The predicted octanol–water partition coefficient (Wildman–Crippen LogP) is 5.08. The summed E-state index contributed by atoms with van der Waals surface area (Å²) in [4.78, 5) is 20.5. The molecular formula is C29H31N3O5S. The zero-order valence-electron chi connectivity index (χ0n) is 21.8. The fraction of sp³-hybridized carbons (Fsp3) is 0.276. The summed E-state index contributed by atoms with van der Waals surface area (Å²) >= 11 is 0. The van der Waals surface area contributed by atoms with Gasteiger partial charge in [0.05, 0.1) is 17.0 Å². The molecular weight excluding hydrogens is 502 g/mol. The van der Waals surface area contributed by atoms with E-state index in [2.05, 4.69) is 9.97 Å². The fourth-order valence-corrected chi connectivity index (χ4v) is 5.77. The number of benzene rings is 2. The van der Waals surface area contributed by atoms with Crippen LogP contribution in [-0.4, -0.2) is 34.2 Å². The van der Waals surface area contributed by atoms with Crippen molar-refractivity contribution in [3.8, 4) is 17.0 Å². The van der Waals surface area contributed by atoms with Crippen LogP contribution in [0.4, 0.5) is 0 Å². The van der Waals surface area contributed by atoms with E-state index in [1.807, 2.05) is 64.1 Å². The van der Waals surface area contributed by atoms with Crippen LogP contribution in [0.3, 0.4) is 0 Å². The Labute approximate surface area is 222 Å². The van der Waals surface area contributed by atoms with Gasteiger partial charge >= 0.3 is 0 Å². The Morgan fingerprint density at radius 1 is 1.03 bits per heavy atom. The van der Waals surface area contributed by atoms with Crippen molar-refractivity contribution in [1.29, 1.82) is 0 Å². The lowest BCUT2D eigenvalue weighted by Crippen LogP contribution is -2.28. The number of pyridine rings is 1. The van der Waals surface area contributed by atoms with E-state index >= 15 is 0 Å². The fourth-order valence-electron chi connectivity index (χ4n) is 4.43. The van der Waals surface area contributed by atoms with Gasteiger partial charge in [0.1, 0.15) is 12.4 Å². The van der Waals surface area contributed by atoms with Crippen molar-refractivity contribution in [3.05, 3.63) is 100 Å². The molecule has 9 heteroatoms. The van der Waals surface area contributed by atoms with E-state index < -0.39 is 32.2 Å². The SMILES string of the molecule is CC[C@@H](c1ccccc1)n1c(COC(C)C)nc(=O)c(S(=O)(=O)c2ccc(-c3ccncc3C)cc2)c1O. The molecule has 0 unspecified atom stereocenters. The monoisotopic (exact) mass is 533 g/mol. The maximum Gasteiger partial charge on any atom is 0.296 e. The molecule has 0 radical (unpaired) electrons. The minimum absolute atomic E-state index is 0.0654. The summed E-state index contributed by atoms with van der Waals surface area (Å²) < 4.78 is 34.5. The molecule has 2 aromatic carbocycles. The van der Waals surface area contributed by atoms with Gasteiger partial charge in [-0.3, -0.25) is 14.3 Å². The number of hydrogen-bond acceptors (Lipinski definition) is 7. The number of ether oxygens (including phenoxy) is 1. The van der Waals surface area contributed by atoms with E-state index in [-0.39, 0.29) is 23.4 Å². The van der Waals surface area contributed by atoms with Crippen LogP contribution in [0, 0.1) is 6.92 Å². The number of aromatic hydroxyl groups is 1. The van der Waals surface area contributed by atoms with Crippen molar-refractivity contribution in [2.45, 2.75) is 62.7 Å². The standard InChI is InChI=1S/C29H31N3O5S/c1-5-25(22-9-7-6-8-10-22)32-26(18-37-19(2)3)31-28(33)27(29(32)34)38(35,36)23-13-11-21(12-14-23)24-15-16-30-17-20(24)4/h6-17,19,25,34H,5,18H2,1-4H3/t25-/m0/s1. The Balaban J connectivity index is 1.86. The number of aryl methyl sites for hydroxylation is 1. The number of sulfone groups is 1. The third-order valence-electron chi connectivity index (χ3n) is 6.33. The van der Waals surface area contributed by atoms with Crippen molar-refractivity contribution < 1.29 is 18.3 Å². The lowest BCUT2D eigenvalue weighted by Gasteiger charge is -2.25. The molecule has 198 valence electrons. The van der Waals surface area contributed by atoms with Gasteiger partial charge in [-0.15, -0.1) is 0 Å². The Morgan fingerprint density at radius 2 is 1.71 bits per heavy atom. The molecule has 1 atom stereocenters. The zero-order chi connectivity index (χ0) is 27.4. The highest BCUT2D eigenvalue weighted by Gasteiger charge is 2.32. The van der Waals surface area contributed by atoms with E-state index in [0.29, 0.717) is 6.42 Å². The van der Waals surface area contributed by atoms with Crippen molar-refractivity contribution in [2.24, 2.45) is 0 Å². The average Bonchev–Trinajstić information content (AvgIpc) is 2.90. The van der Waals surface area contributed by atoms with Crippen LogP contribution >= 0.6 is 0 Å². The predicted molar refractivity (Wildman–Crippen MR) is 145 cm³/mol. The van der Waals surface area contributed by atoms with E-state index in [1.54, 1.807) is 24.5 Å². The van der Waals surface area contributed by atoms with Crippen LogP contribution in [0.2, 0.25) is 0 Å². The third kappa shape index (κ3) is 5.39. The molecule has 0 saturated heterocycles. The van der Waals surface area contributed by atoms with E-state index in [1.165, 1.54) is 16.7 Å². The molecule has 38 heavy (non-hydrogen) atoms. The first-order valence-electron chi connectivity index (χ1n) is 12.4. The molecule has 0 aliphatic carbocycles. The van der Waals surface area contributed by atoms with Crippen LogP contribution in [0.25, 0.3) is 11.1 Å². The Bertz CT molecular complexity index is 1580. The zero-order valence-corrected chi connectivity index (χ0v) is 22.6. The molecule has 1 N–H and O–H groups in total. The van der Waals surface area contributed by atoms with Gasteiger partial charge in [-0.05, 0) is 67.6 Å². The quantitative estimate of drug-likeness (QED) is 0.319. The van der Waals surface area contributed by atoms with Gasteiger partial charge in [0.25, 0.3) is 5.56 Å². The van der Waals surface area contributed by atoms with Gasteiger partial charge in [0.15, 0.2) is 4.90 Å². The number of rotatable bonds is 9. The molecule has 0 spiro atoms. The lowest BCUT2D eigenvalue weighted by molar-refractivity contribution is 0.0571. The van der Waals surface area contributed by atoms with Gasteiger partial charge in [-0.2, -0.15) is 4.98 Å². The minimum Gasteiger partial charge on any atom is -0.493 e.